The molecule has 0 aromatic heterocycles. The fourth-order valence-corrected chi connectivity index (χ4v) is 2.39. The van der Waals surface area contributed by atoms with Crippen LogP contribution in [0.15, 0.2) is 24.3 Å². The smallest absolute Gasteiger partial charge is 0.229 e. The average molecular weight is 260 g/mol. The van der Waals surface area contributed by atoms with Gasteiger partial charge in [0.1, 0.15) is 0 Å². The molecule has 1 atom stereocenters. The largest absolute Gasteiger partial charge is 0.316 e. The molecule has 19 heavy (non-hydrogen) atoms. The summed E-state index contributed by atoms with van der Waals surface area (Å²) in [5, 5.41) is 3.23. The molecule has 3 nitrogen and oxygen atoms in total. The Morgan fingerprint density at radius 2 is 2.00 bits per heavy atom. The maximum Gasteiger partial charge on any atom is 0.229 e. The molecule has 0 bridgehead atoms. The molecule has 104 valence electrons. The van der Waals surface area contributed by atoms with Gasteiger partial charge in [0.2, 0.25) is 5.91 Å². The van der Waals surface area contributed by atoms with Gasteiger partial charge in [-0.1, -0.05) is 32.9 Å². The first-order valence-corrected chi connectivity index (χ1v) is 7.09. The van der Waals surface area contributed by atoms with Crippen LogP contribution in [0, 0.1) is 11.8 Å². The molecule has 1 unspecified atom stereocenters. The van der Waals surface area contributed by atoms with Crippen LogP contribution in [0.1, 0.15) is 32.3 Å². The summed E-state index contributed by atoms with van der Waals surface area (Å²) in [6, 6.07) is 8.28. The van der Waals surface area contributed by atoms with Crippen molar-refractivity contribution in [3.8, 4) is 0 Å². The number of carbonyl (C=O) groups is 1. The summed E-state index contributed by atoms with van der Waals surface area (Å²) >= 11 is 0. The quantitative estimate of drug-likeness (QED) is 0.902. The highest BCUT2D eigenvalue weighted by Crippen LogP contribution is 2.24. The normalized spacial score (nSPS) is 17.1. The van der Waals surface area contributed by atoms with Gasteiger partial charge < -0.3 is 10.2 Å². The lowest BCUT2D eigenvalue weighted by molar-refractivity contribution is -0.123. The molecule has 1 amide bonds. The van der Waals surface area contributed by atoms with E-state index in [1.165, 1.54) is 5.56 Å². The van der Waals surface area contributed by atoms with Crippen LogP contribution in [-0.2, 0) is 4.79 Å². The topological polar surface area (TPSA) is 32.3 Å². The molecule has 1 aromatic carbocycles. The summed E-state index contributed by atoms with van der Waals surface area (Å²) in [5.41, 5.74) is 2.27. The lowest BCUT2D eigenvalue weighted by atomic mass is 9.88. The van der Waals surface area contributed by atoms with Crippen LogP contribution in [0.3, 0.4) is 0 Å². The molecule has 0 radical (unpaired) electrons. The van der Waals surface area contributed by atoms with E-state index >= 15 is 0 Å². The Hall–Kier alpha value is -1.35. The molecule has 1 N–H and O–H groups in total. The molecule has 1 fully saturated rings. The van der Waals surface area contributed by atoms with Gasteiger partial charge in [0.15, 0.2) is 0 Å². The number of amides is 1. The molecule has 3 heteroatoms. The number of carbonyl (C=O) groups excluding carboxylic acids is 1. The van der Waals surface area contributed by atoms with Crippen LogP contribution in [0.4, 0.5) is 5.69 Å². The average Bonchev–Trinajstić information content (AvgIpc) is 2.35. The highest BCUT2D eigenvalue weighted by Gasteiger charge is 2.30. The van der Waals surface area contributed by atoms with Gasteiger partial charge in [-0.3, -0.25) is 4.79 Å². The molecule has 0 spiro atoms. The lowest BCUT2D eigenvalue weighted by Crippen LogP contribution is -2.50. The van der Waals surface area contributed by atoms with Crippen molar-refractivity contribution in [3.05, 3.63) is 29.8 Å². The van der Waals surface area contributed by atoms with Gasteiger partial charge in [0.25, 0.3) is 0 Å². The number of hydrogen-bond donors (Lipinski definition) is 1. The summed E-state index contributed by atoms with van der Waals surface area (Å²) in [4.78, 5) is 14.3. The predicted octanol–water partition coefficient (Wildman–Crippen LogP) is 2.63. The van der Waals surface area contributed by atoms with Gasteiger partial charge in [-0.05, 0) is 42.6 Å². The van der Waals surface area contributed by atoms with Crippen molar-refractivity contribution in [3.63, 3.8) is 0 Å². The first kappa shape index (κ1) is 14.1. The monoisotopic (exact) mass is 260 g/mol. The number of nitrogens with one attached hydrogen (secondary N) is 1. The number of benzene rings is 1. The minimum absolute atomic E-state index is 0.0916. The number of nitrogens with zero attached hydrogens (tertiary/aromatic N) is 1. The van der Waals surface area contributed by atoms with Gasteiger partial charge in [-0.15, -0.1) is 0 Å². The number of hydrogen-bond acceptors (Lipinski definition) is 2. The van der Waals surface area contributed by atoms with Crippen molar-refractivity contribution < 1.29 is 4.79 Å². The molecule has 2 rings (SSSR count). The van der Waals surface area contributed by atoms with E-state index in [4.69, 9.17) is 0 Å². The van der Waals surface area contributed by atoms with Gasteiger partial charge in [-0.2, -0.15) is 0 Å². The van der Waals surface area contributed by atoms with Crippen molar-refractivity contribution in [1.82, 2.24) is 5.32 Å². The molecule has 1 saturated heterocycles. The Morgan fingerprint density at radius 1 is 1.32 bits per heavy atom. The molecule has 1 aromatic rings. The van der Waals surface area contributed by atoms with Crippen molar-refractivity contribution in [2.75, 3.05) is 25.0 Å². The Bertz CT molecular complexity index is 452. The third-order valence-electron chi connectivity index (χ3n) is 4.16. The third-order valence-corrected chi connectivity index (χ3v) is 4.16. The Morgan fingerprint density at radius 3 is 2.53 bits per heavy atom. The SMILES string of the molecule is CC(C)c1cccc(N(C)C(=O)C(C)C2CNC2)c1. The van der Waals surface area contributed by atoms with Crippen molar-refractivity contribution in [1.29, 1.82) is 0 Å². The highest BCUT2D eigenvalue weighted by atomic mass is 16.2. The van der Waals surface area contributed by atoms with Crippen LogP contribution < -0.4 is 10.2 Å². The Kier molecular flexibility index (Phi) is 4.25. The molecular weight excluding hydrogens is 236 g/mol. The summed E-state index contributed by atoms with van der Waals surface area (Å²) in [7, 11) is 1.88. The molecular formula is C16H24N2O. The van der Waals surface area contributed by atoms with E-state index in [2.05, 4.69) is 31.3 Å². The molecule has 1 heterocycles. The van der Waals surface area contributed by atoms with Gasteiger partial charge in [0, 0.05) is 18.7 Å². The van der Waals surface area contributed by atoms with E-state index < -0.39 is 0 Å². The van der Waals surface area contributed by atoms with E-state index in [9.17, 15) is 4.79 Å². The zero-order chi connectivity index (χ0) is 14.0. The first-order chi connectivity index (χ1) is 9.00. The summed E-state index contributed by atoms with van der Waals surface area (Å²) in [6.45, 7) is 8.31. The lowest BCUT2D eigenvalue weighted by Gasteiger charge is -2.34. The second kappa shape index (κ2) is 5.74. The Balaban J connectivity index is 2.11. The van der Waals surface area contributed by atoms with Crippen LogP contribution in [0.5, 0.6) is 0 Å². The predicted molar refractivity (Wildman–Crippen MR) is 79.5 cm³/mol. The summed E-state index contributed by atoms with van der Waals surface area (Å²) in [6.07, 6.45) is 0. The van der Waals surface area contributed by atoms with Crippen LogP contribution in [0.25, 0.3) is 0 Å². The molecule has 0 saturated carbocycles. The number of rotatable bonds is 4. The third kappa shape index (κ3) is 2.98. The minimum Gasteiger partial charge on any atom is -0.316 e. The second-order valence-electron chi connectivity index (χ2n) is 5.85. The zero-order valence-electron chi connectivity index (χ0n) is 12.3. The molecule has 1 aliphatic rings. The van der Waals surface area contributed by atoms with Crippen LogP contribution in [0.2, 0.25) is 0 Å². The highest BCUT2D eigenvalue weighted by molar-refractivity contribution is 5.94. The summed E-state index contributed by atoms with van der Waals surface area (Å²) in [5.74, 6) is 1.28. The maximum atomic E-state index is 12.5. The van der Waals surface area contributed by atoms with Crippen molar-refractivity contribution >= 4 is 11.6 Å². The fourth-order valence-electron chi connectivity index (χ4n) is 2.39. The number of anilines is 1. The Labute approximate surface area is 116 Å². The minimum atomic E-state index is 0.0916. The van der Waals surface area contributed by atoms with Crippen LogP contribution in [-0.4, -0.2) is 26.0 Å². The maximum absolute atomic E-state index is 12.5. The standard InChI is InChI=1S/C16H24N2O/c1-11(2)13-6-5-7-15(8-13)18(4)16(19)12(3)14-9-17-10-14/h5-8,11-12,14,17H,9-10H2,1-4H3. The van der Waals surface area contributed by atoms with Crippen LogP contribution >= 0.6 is 0 Å². The second-order valence-corrected chi connectivity index (χ2v) is 5.85. The molecule has 1 aliphatic heterocycles. The van der Waals surface area contributed by atoms with E-state index in [0.29, 0.717) is 11.8 Å². The van der Waals surface area contributed by atoms with Crippen molar-refractivity contribution in [2.45, 2.75) is 26.7 Å². The van der Waals surface area contributed by atoms with E-state index in [1.54, 1.807) is 4.90 Å². The molecule has 0 aliphatic carbocycles. The van der Waals surface area contributed by atoms with Gasteiger partial charge in [-0.25, -0.2) is 0 Å². The van der Waals surface area contributed by atoms with Crippen molar-refractivity contribution in [2.24, 2.45) is 11.8 Å². The van der Waals surface area contributed by atoms with Gasteiger partial charge in [0.05, 0.1) is 0 Å². The first-order valence-electron chi connectivity index (χ1n) is 7.09. The zero-order valence-corrected chi connectivity index (χ0v) is 12.3. The van der Waals surface area contributed by atoms with E-state index in [1.807, 2.05) is 26.1 Å². The summed E-state index contributed by atoms with van der Waals surface area (Å²) < 4.78 is 0. The fraction of sp³-hybridized carbons (Fsp3) is 0.562. The van der Waals surface area contributed by atoms with E-state index in [0.717, 1.165) is 18.8 Å². The van der Waals surface area contributed by atoms with E-state index in [-0.39, 0.29) is 11.8 Å². The van der Waals surface area contributed by atoms with Gasteiger partial charge >= 0.3 is 0 Å².